The van der Waals surface area contributed by atoms with Crippen LogP contribution in [0.4, 0.5) is 24.7 Å². The predicted octanol–water partition coefficient (Wildman–Crippen LogP) is 2.13. The van der Waals surface area contributed by atoms with Crippen LogP contribution < -0.4 is 21.7 Å². The summed E-state index contributed by atoms with van der Waals surface area (Å²) in [4.78, 5) is 45.6. The van der Waals surface area contributed by atoms with Gasteiger partial charge in [-0.2, -0.15) is 18.3 Å². The molecule has 0 aromatic carbocycles. The van der Waals surface area contributed by atoms with Crippen LogP contribution in [0.1, 0.15) is 52.7 Å². The average molecular weight is 653 g/mol. The topological polar surface area (TPSA) is 209 Å². The molecule has 4 rings (SSSR count). The highest BCUT2D eigenvalue weighted by atomic mass is 19.4. The Labute approximate surface area is 261 Å². The summed E-state index contributed by atoms with van der Waals surface area (Å²) in [6, 6.07) is 2.61. The maximum atomic E-state index is 13.0. The van der Waals surface area contributed by atoms with E-state index in [-0.39, 0.29) is 65.4 Å². The molecular formula is C28H35F3N8O7. The van der Waals surface area contributed by atoms with Crippen LogP contribution in [0.15, 0.2) is 35.2 Å². The number of ether oxygens (including phenoxy) is 2. The molecule has 46 heavy (non-hydrogen) atoms. The molecule has 1 saturated carbocycles. The summed E-state index contributed by atoms with van der Waals surface area (Å²) < 4.78 is 55.0. The van der Waals surface area contributed by atoms with Gasteiger partial charge in [0.15, 0.2) is 11.4 Å². The van der Waals surface area contributed by atoms with Gasteiger partial charge in [-0.1, -0.05) is 0 Å². The molecule has 15 nitrogen and oxygen atoms in total. The number of pyridine rings is 1. The largest absolute Gasteiger partial charge is 0.444 e. The summed E-state index contributed by atoms with van der Waals surface area (Å²) in [6.07, 6.45) is 1.76. The van der Waals surface area contributed by atoms with E-state index in [4.69, 9.17) is 24.7 Å². The second-order valence-electron chi connectivity index (χ2n) is 10.4. The lowest BCUT2D eigenvalue weighted by Crippen LogP contribution is -2.35. The second kappa shape index (κ2) is 16.1. The van der Waals surface area contributed by atoms with Gasteiger partial charge in [0.1, 0.15) is 18.6 Å². The van der Waals surface area contributed by atoms with E-state index in [1.54, 1.807) is 4.68 Å². The van der Waals surface area contributed by atoms with E-state index in [1.165, 1.54) is 24.5 Å². The molecule has 250 valence electrons. The van der Waals surface area contributed by atoms with Crippen molar-refractivity contribution in [1.29, 1.82) is 0 Å². The summed E-state index contributed by atoms with van der Waals surface area (Å²) in [7, 11) is 0. The van der Waals surface area contributed by atoms with Crippen molar-refractivity contribution in [1.82, 2.24) is 25.1 Å². The number of nitrogens with zero attached hydrogens (tertiary/aromatic N) is 4. The predicted molar refractivity (Wildman–Crippen MR) is 156 cm³/mol. The van der Waals surface area contributed by atoms with Crippen molar-refractivity contribution in [2.24, 2.45) is 11.7 Å². The van der Waals surface area contributed by atoms with Crippen molar-refractivity contribution in [3.05, 3.63) is 42.2 Å². The number of hydrogen-bond donors (Lipinski definition) is 5. The van der Waals surface area contributed by atoms with Crippen LogP contribution >= 0.6 is 0 Å². The highest BCUT2D eigenvalue weighted by Crippen LogP contribution is 2.33. The Balaban J connectivity index is 1.30. The van der Waals surface area contributed by atoms with E-state index in [0.29, 0.717) is 52.0 Å². The van der Waals surface area contributed by atoms with E-state index >= 15 is 0 Å². The Morgan fingerprint density at radius 1 is 1.11 bits per heavy atom. The van der Waals surface area contributed by atoms with Gasteiger partial charge in [-0.05, 0) is 37.8 Å². The van der Waals surface area contributed by atoms with Gasteiger partial charge in [0.2, 0.25) is 11.8 Å². The summed E-state index contributed by atoms with van der Waals surface area (Å²) >= 11 is 0. The lowest BCUT2D eigenvalue weighted by atomic mass is 9.85. The number of primary amides is 1. The number of rotatable bonds is 16. The molecule has 0 bridgehead atoms. The Kier molecular flexibility index (Phi) is 12.0. The molecule has 6 N–H and O–H groups in total. The number of nitrogens with two attached hydrogens (primary N) is 1. The van der Waals surface area contributed by atoms with Gasteiger partial charge < -0.3 is 40.7 Å². The van der Waals surface area contributed by atoms with Gasteiger partial charge >= 0.3 is 6.18 Å². The summed E-state index contributed by atoms with van der Waals surface area (Å²) in [5.74, 6) is -1.95. The summed E-state index contributed by atoms with van der Waals surface area (Å²) in [6.45, 7) is 0.340. The number of aromatic nitrogens is 4. The molecular weight excluding hydrogens is 617 g/mol. The lowest BCUT2D eigenvalue weighted by Gasteiger charge is -2.28. The molecule has 1 aliphatic carbocycles. The molecule has 0 atom stereocenters. The molecule has 3 amide bonds. The molecule has 1 fully saturated rings. The number of oxazole rings is 1. The number of carbonyl (C=O) groups is 3. The Bertz CT molecular complexity index is 1470. The van der Waals surface area contributed by atoms with Crippen molar-refractivity contribution in [3.8, 4) is 11.5 Å². The van der Waals surface area contributed by atoms with Crippen molar-refractivity contribution in [2.75, 3.05) is 56.8 Å². The fourth-order valence-electron chi connectivity index (χ4n) is 4.78. The van der Waals surface area contributed by atoms with E-state index in [2.05, 4.69) is 31.0 Å². The van der Waals surface area contributed by atoms with Crippen LogP contribution in [-0.4, -0.2) is 94.9 Å². The minimum atomic E-state index is -4.44. The van der Waals surface area contributed by atoms with E-state index < -0.39 is 24.5 Å². The Morgan fingerprint density at radius 3 is 2.54 bits per heavy atom. The monoisotopic (exact) mass is 652 g/mol. The van der Waals surface area contributed by atoms with Crippen molar-refractivity contribution < 1.29 is 46.6 Å². The molecule has 3 aromatic rings. The van der Waals surface area contributed by atoms with Gasteiger partial charge in [-0.25, -0.2) is 9.97 Å². The first-order chi connectivity index (χ1) is 22.0. The number of hydrogen-bond acceptors (Lipinski definition) is 11. The van der Waals surface area contributed by atoms with Crippen molar-refractivity contribution >= 4 is 29.2 Å². The van der Waals surface area contributed by atoms with Gasteiger partial charge in [0.05, 0.1) is 44.8 Å². The quantitative estimate of drug-likeness (QED) is 0.142. The standard InChI is InChI=1S/C28H35F3N8O7/c29-28(30,31)16-35-22-13-18(5-6-33-22)27-37-21(15-46-27)26(43)36-20-14-39(38-23(20)24(32)41)19-3-1-17(2-4-19)25(42)34-7-9-44-11-12-45-10-8-40/h5-6,13-15,17,19,40H,1-4,7-12,16H2,(H2,32,41)(H,33,35)(H,34,42)(H,36,43). The van der Waals surface area contributed by atoms with Gasteiger partial charge in [-0.15, -0.1) is 0 Å². The molecule has 18 heteroatoms. The van der Waals surface area contributed by atoms with Gasteiger partial charge in [0, 0.05) is 30.4 Å². The molecule has 0 saturated heterocycles. The van der Waals surface area contributed by atoms with Gasteiger partial charge in [-0.3, -0.25) is 19.1 Å². The highest BCUT2D eigenvalue weighted by Gasteiger charge is 2.29. The molecule has 0 unspecified atom stereocenters. The highest BCUT2D eigenvalue weighted by molar-refractivity contribution is 6.07. The molecule has 0 spiro atoms. The molecule has 0 radical (unpaired) electrons. The molecule has 0 aliphatic heterocycles. The third kappa shape index (κ3) is 9.98. The summed E-state index contributed by atoms with van der Waals surface area (Å²) in [5, 5.41) is 20.5. The molecule has 1 aliphatic rings. The number of aliphatic hydroxyl groups excluding tert-OH is 1. The minimum absolute atomic E-state index is 0.0365. The fraction of sp³-hybridized carbons (Fsp3) is 0.500. The van der Waals surface area contributed by atoms with Gasteiger partial charge in [0.25, 0.3) is 11.8 Å². The van der Waals surface area contributed by atoms with Crippen LogP contribution in [-0.2, 0) is 14.3 Å². The normalized spacial score (nSPS) is 16.6. The van der Waals surface area contributed by atoms with Crippen molar-refractivity contribution in [2.45, 2.75) is 37.9 Å². The van der Waals surface area contributed by atoms with Crippen LogP contribution in [0.3, 0.4) is 0 Å². The summed E-state index contributed by atoms with van der Waals surface area (Å²) in [5.41, 5.74) is 5.54. The number of amides is 3. The first-order valence-corrected chi connectivity index (χ1v) is 14.5. The SMILES string of the molecule is NC(=O)c1nn(C2CCC(C(=O)NCCOCCOCCO)CC2)cc1NC(=O)c1coc(-c2ccnc(NCC(F)(F)F)c2)n1. The second-order valence-corrected chi connectivity index (χ2v) is 10.4. The third-order valence-electron chi connectivity index (χ3n) is 7.02. The van der Waals surface area contributed by atoms with Crippen LogP contribution in [0.5, 0.6) is 0 Å². The first kappa shape index (κ1) is 34.3. The smallest absolute Gasteiger partial charge is 0.405 e. The van der Waals surface area contributed by atoms with Crippen LogP contribution in [0.25, 0.3) is 11.5 Å². The molecule has 3 aromatic heterocycles. The lowest BCUT2D eigenvalue weighted by molar-refractivity contribution is -0.126. The first-order valence-electron chi connectivity index (χ1n) is 14.5. The zero-order valence-electron chi connectivity index (χ0n) is 24.7. The number of nitrogens with one attached hydrogen (secondary N) is 3. The number of anilines is 2. The zero-order valence-corrected chi connectivity index (χ0v) is 24.7. The van der Waals surface area contributed by atoms with Crippen LogP contribution in [0.2, 0.25) is 0 Å². The van der Waals surface area contributed by atoms with E-state index in [9.17, 15) is 27.6 Å². The Morgan fingerprint density at radius 2 is 1.85 bits per heavy atom. The number of aliphatic hydroxyl groups is 1. The maximum Gasteiger partial charge on any atom is 0.405 e. The van der Waals surface area contributed by atoms with E-state index in [1.807, 2.05) is 0 Å². The Hall–Kier alpha value is -4.55. The number of alkyl halides is 3. The van der Waals surface area contributed by atoms with Crippen LogP contribution in [0, 0.1) is 5.92 Å². The number of carbonyl (C=O) groups excluding carboxylic acids is 3. The number of halogens is 3. The maximum absolute atomic E-state index is 13.0. The van der Waals surface area contributed by atoms with E-state index in [0.717, 1.165) is 6.26 Å². The fourth-order valence-corrected chi connectivity index (χ4v) is 4.78. The zero-order chi connectivity index (χ0) is 33.1. The van der Waals surface area contributed by atoms with Crippen molar-refractivity contribution in [3.63, 3.8) is 0 Å². The minimum Gasteiger partial charge on any atom is -0.444 e. The average Bonchev–Trinajstić information content (AvgIpc) is 3.70. The molecule has 3 heterocycles. The third-order valence-corrected chi connectivity index (χ3v) is 7.02.